The minimum absolute atomic E-state index is 0.102. The van der Waals surface area contributed by atoms with Crippen molar-refractivity contribution in [1.82, 2.24) is 0 Å². The van der Waals surface area contributed by atoms with E-state index >= 15 is 0 Å². The number of halogens is 3. The topological polar surface area (TPSA) is 57.9 Å². The van der Waals surface area contributed by atoms with Crippen molar-refractivity contribution in [3.8, 4) is 16.9 Å². The summed E-state index contributed by atoms with van der Waals surface area (Å²) in [5.41, 5.74) is -0.999. The van der Waals surface area contributed by atoms with E-state index in [-0.39, 0.29) is 16.7 Å². The van der Waals surface area contributed by atoms with Crippen LogP contribution in [0.5, 0.6) is 5.75 Å². The molecule has 0 saturated carbocycles. The molecule has 0 aliphatic heterocycles. The average molecular weight is 593 g/mol. The highest BCUT2D eigenvalue weighted by Crippen LogP contribution is 2.38. The monoisotopic (exact) mass is 592 g/mol. The van der Waals surface area contributed by atoms with Crippen molar-refractivity contribution in [3.05, 3.63) is 64.0 Å². The van der Waals surface area contributed by atoms with Crippen molar-refractivity contribution in [2.24, 2.45) is 0 Å². The van der Waals surface area contributed by atoms with Crippen LogP contribution in [0, 0.1) is 0 Å². The van der Waals surface area contributed by atoms with E-state index in [0.29, 0.717) is 29.7 Å². The molecule has 41 heavy (non-hydrogen) atoms. The molecule has 0 bridgehead atoms. The van der Waals surface area contributed by atoms with Gasteiger partial charge in [-0.25, -0.2) is 4.79 Å². The van der Waals surface area contributed by atoms with Gasteiger partial charge in [0.1, 0.15) is 11.3 Å². The molecule has 1 aromatic heterocycles. The summed E-state index contributed by atoms with van der Waals surface area (Å²) in [6, 6.07) is 11.8. The first-order valence-electron chi connectivity index (χ1n) is 14.6. The fourth-order valence-corrected chi connectivity index (χ4v) is 6.36. The van der Waals surface area contributed by atoms with Gasteiger partial charge in [-0.3, -0.25) is 0 Å². The molecule has 0 aliphatic carbocycles. The SMILES string of the molecule is CCCCCc1ccc(-c2cc3ccc(OCCCCCCCC[Si](C)(OC)OC)cc3oc2=O)c(C(F)(F)F)c1. The number of alkyl halides is 3. The third-order valence-electron chi connectivity index (χ3n) is 7.61. The lowest BCUT2D eigenvalue weighted by molar-refractivity contribution is -0.137. The predicted octanol–water partition coefficient (Wildman–Crippen LogP) is 9.30. The zero-order chi connectivity index (χ0) is 29.9. The zero-order valence-electron chi connectivity index (χ0n) is 24.7. The van der Waals surface area contributed by atoms with Crippen molar-refractivity contribution in [1.29, 1.82) is 0 Å². The first kappa shape index (κ1) is 32.9. The van der Waals surface area contributed by atoms with Gasteiger partial charge >= 0.3 is 20.4 Å². The van der Waals surface area contributed by atoms with Crippen molar-refractivity contribution in [3.63, 3.8) is 0 Å². The van der Waals surface area contributed by atoms with Gasteiger partial charge in [0.15, 0.2) is 0 Å². The van der Waals surface area contributed by atoms with E-state index < -0.39 is 25.9 Å². The second-order valence-corrected chi connectivity index (χ2v) is 14.3. The number of hydrogen-bond donors (Lipinski definition) is 0. The number of unbranched alkanes of at least 4 members (excludes halogenated alkanes) is 7. The lowest BCUT2D eigenvalue weighted by Crippen LogP contribution is -2.35. The molecule has 0 fully saturated rings. The van der Waals surface area contributed by atoms with E-state index in [1.165, 1.54) is 12.1 Å². The molecule has 226 valence electrons. The van der Waals surface area contributed by atoms with Crippen LogP contribution in [0.3, 0.4) is 0 Å². The molecule has 0 amide bonds. The fraction of sp³-hybridized carbons (Fsp3) is 0.531. The van der Waals surface area contributed by atoms with Crippen molar-refractivity contribution in [2.45, 2.75) is 89.9 Å². The molecular weight excluding hydrogens is 549 g/mol. The Hall–Kier alpha value is -2.62. The number of fused-ring (bicyclic) bond motifs is 1. The lowest BCUT2D eigenvalue weighted by atomic mass is 9.95. The van der Waals surface area contributed by atoms with Crippen LogP contribution >= 0.6 is 0 Å². The van der Waals surface area contributed by atoms with Crippen LogP contribution in [0.4, 0.5) is 13.2 Å². The summed E-state index contributed by atoms with van der Waals surface area (Å²) in [6.07, 6.45) is 5.21. The van der Waals surface area contributed by atoms with E-state index in [4.69, 9.17) is 18.0 Å². The van der Waals surface area contributed by atoms with Crippen LogP contribution in [0.15, 0.2) is 51.7 Å². The van der Waals surface area contributed by atoms with Gasteiger partial charge < -0.3 is 18.0 Å². The summed E-state index contributed by atoms with van der Waals surface area (Å²) in [5.74, 6) is 0.559. The van der Waals surface area contributed by atoms with Crippen molar-refractivity contribution < 1.29 is 31.2 Å². The summed E-state index contributed by atoms with van der Waals surface area (Å²) in [7, 11) is 1.47. The Kier molecular flexibility index (Phi) is 12.5. The molecule has 3 aromatic rings. The number of benzene rings is 2. The Bertz CT molecular complexity index is 1300. The molecular formula is C32H43F3O5Si. The Labute approximate surface area is 242 Å². The third-order valence-corrected chi connectivity index (χ3v) is 10.6. The van der Waals surface area contributed by atoms with Gasteiger partial charge in [-0.05, 0) is 61.7 Å². The first-order valence-corrected chi connectivity index (χ1v) is 17.1. The molecule has 0 saturated heterocycles. The van der Waals surface area contributed by atoms with Crippen molar-refractivity contribution >= 4 is 19.5 Å². The Balaban J connectivity index is 1.58. The van der Waals surface area contributed by atoms with Crippen LogP contribution in [-0.2, 0) is 21.4 Å². The smallest absolute Gasteiger partial charge is 0.417 e. The van der Waals surface area contributed by atoms with Crippen LogP contribution in [-0.4, -0.2) is 29.4 Å². The standard InChI is InChI=1S/C32H43F3O5Si/c1-5-6-11-14-24-15-18-27(29(21-24)32(33,34)35)28-22-25-16-17-26(23-30(25)40-31(28)36)39-19-12-9-7-8-10-13-20-41(4,37-2)38-3/h15-18,21-23H,5-14,19-20H2,1-4H3. The first-order chi connectivity index (χ1) is 19.6. The highest BCUT2D eigenvalue weighted by Gasteiger charge is 2.35. The Morgan fingerprint density at radius 3 is 2.22 bits per heavy atom. The molecule has 0 aliphatic rings. The molecule has 0 spiro atoms. The molecule has 0 atom stereocenters. The van der Waals surface area contributed by atoms with E-state index in [2.05, 4.69) is 6.55 Å². The second-order valence-electron chi connectivity index (χ2n) is 10.7. The van der Waals surface area contributed by atoms with E-state index in [1.807, 2.05) is 6.92 Å². The van der Waals surface area contributed by atoms with Crippen LogP contribution in [0.2, 0.25) is 12.6 Å². The Morgan fingerprint density at radius 1 is 0.829 bits per heavy atom. The van der Waals surface area contributed by atoms with Gasteiger partial charge in [-0.15, -0.1) is 0 Å². The fourth-order valence-electron chi connectivity index (χ4n) is 4.90. The minimum Gasteiger partial charge on any atom is -0.493 e. The van der Waals surface area contributed by atoms with Gasteiger partial charge in [0.05, 0.1) is 17.7 Å². The summed E-state index contributed by atoms with van der Waals surface area (Å²) < 4.78 is 64.2. The molecule has 0 unspecified atom stereocenters. The molecule has 9 heteroatoms. The number of aryl methyl sites for hydroxylation is 1. The molecule has 5 nitrogen and oxygen atoms in total. The summed E-state index contributed by atoms with van der Waals surface area (Å²) in [6.45, 7) is 4.66. The normalized spacial score (nSPS) is 12.3. The molecule has 2 aromatic carbocycles. The minimum atomic E-state index is -4.59. The highest BCUT2D eigenvalue weighted by molar-refractivity contribution is 6.65. The van der Waals surface area contributed by atoms with Crippen LogP contribution < -0.4 is 10.4 Å². The molecule has 3 rings (SSSR count). The predicted molar refractivity (Wildman–Crippen MR) is 160 cm³/mol. The summed E-state index contributed by atoms with van der Waals surface area (Å²) in [5, 5.41) is 0.535. The second kappa shape index (κ2) is 15.6. The van der Waals surface area contributed by atoms with Crippen LogP contribution in [0.25, 0.3) is 22.1 Å². The third kappa shape index (κ3) is 9.72. The van der Waals surface area contributed by atoms with Crippen molar-refractivity contribution in [2.75, 3.05) is 20.8 Å². The zero-order valence-corrected chi connectivity index (χ0v) is 25.7. The maximum absolute atomic E-state index is 14.0. The number of hydrogen-bond acceptors (Lipinski definition) is 5. The van der Waals surface area contributed by atoms with Gasteiger partial charge in [0, 0.05) is 31.2 Å². The van der Waals surface area contributed by atoms with Crippen LogP contribution in [0.1, 0.15) is 75.8 Å². The van der Waals surface area contributed by atoms with Gasteiger partial charge in [-0.1, -0.05) is 64.0 Å². The maximum atomic E-state index is 14.0. The number of rotatable bonds is 17. The Morgan fingerprint density at radius 2 is 1.54 bits per heavy atom. The molecule has 0 N–H and O–H groups in total. The van der Waals surface area contributed by atoms with E-state index in [0.717, 1.165) is 69.9 Å². The quantitative estimate of drug-likeness (QED) is 0.0888. The van der Waals surface area contributed by atoms with E-state index in [1.54, 1.807) is 38.5 Å². The van der Waals surface area contributed by atoms with E-state index in [9.17, 15) is 18.0 Å². The molecule has 0 radical (unpaired) electrons. The average Bonchev–Trinajstić information content (AvgIpc) is 2.95. The summed E-state index contributed by atoms with van der Waals surface area (Å²) in [4.78, 5) is 12.8. The highest BCUT2D eigenvalue weighted by atomic mass is 28.4. The summed E-state index contributed by atoms with van der Waals surface area (Å²) >= 11 is 0. The largest absolute Gasteiger partial charge is 0.493 e. The number of ether oxygens (including phenoxy) is 1. The maximum Gasteiger partial charge on any atom is 0.417 e. The lowest BCUT2D eigenvalue weighted by Gasteiger charge is -2.22. The van der Waals surface area contributed by atoms with Gasteiger partial charge in [0.2, 0.25) is 0 Å². The molecule has 1 heterocycles. The van der Waals surface area contributed by atoms with Gasteiger partial charge in [-0.2, -0.15) is 13.2 Å². The van der Waals surface area contributed by atoms with Gasteiger partial charge in [0.25, 0.3) is 0 Å².